The molecular weight excluding hydrogens is 228 g/mol. The molecule has 0 atom stereocenters. The minimum Gasteiger partial charge on any atom is -0.479 e. The molecule has 17 heavy (non-hydrogen) atoms. The molecule has 7 nitrogen and oxygen atoms in total. The third-order valence-electron chi connectivity index (χ3n) is 2.16. The van der Waals surface area contributed by atoms with Crippen LogP contribution in [0.15, 0.2) is 0 Å². The van der Waals surface area contributed by atoms with E-state index >= 15 is 0 Å². The molecule has 0 saturated heterocycles. The standard InChI is InChI=1S/C10H18N2O5/c13-9(14)7-17-12-10(15)11-4-1-5-16-6-8-2-3-8/h8H,1-7H2,(H,13,14)(H2,11,12,15). The lowest BCUT2D eigenvalue weighted by atomic mass is 10.4. The van der Waals surface area contributed by atoms with Crippen molar-refractivity contribution in [1.82, 2.24) is 10.8 Å². The molecule has 0 heterocycles. The molecule has 0 bridgehead atoms. The molecule has 1 rings (SSSR count). The van der Waals surface area contributed by atoms with Gasteiger partial charge in [0.1, 0.15) is 0 Å². The first-order chi connectivity index (χ1) is 8.18. The third kappa shape index (κ3) is 8.47. The summed E-state index contributed by atoms with van der Waals surface area (Å²) in [7, 11) is 0. The minimum absolute atomic E-state index is 0.465. The maximum absolute atomic E-state index is 11.0. The molecule has 1 aliphatic carbocycles. The van der Waals surface area contributed by atoms with Crippen LogP contribution in [-0.2, 0) is 14.4 Å². The summed E-state index contributed by atoms with van der Waals surface area (Å²) < 4.78 is 5.37. The number of urea groups is 1. The van der Waals surface area contributed by atoms with Crippen LogP contribution >= 0.6 is 0 Å². The summed E-state index contributed by atoms with van der Waals surface area (Å²) in [6, 6.07) is -0.548. The zero-order valence-electron chi connectivity index (χ0n) is 9.61. The van der Waals surface area contributed by atoms with E-state index in [1.165, 1.54) is 12.8 Å². The number of nitrogens with one attached hydrogen (secondary N) is 2. The van der Waals surface area contributed by atoms with Crippen LogP contribution in [0.2, 0.25) is 0 Å². The monoisotopic (exact) mass is 246 g/mol. The Morgan fingerprint density at radius 2 is 2.12 bits per heavy atom. The van der Waals surface area contributed by atoms with Crippen molar-refractivity contribution in [2.45, 2.75) is 19.3 Å². The molecule has 0 aliphatic heterocycles. The van der Waals surface area contributed by atoms with Gasteiger partial charge in [-0.2, -0.15) is 0 Å². The van der Waals surface area contributed by atoms with Gasteiger partial charge in [0.25, 0.3) is 0 Å². The van der Waals surface area contributed by atoms with Gasteiger partial charge in [0, 0.05) is 19.8 Å². The van der Waals surface area contributed by atoms with E-state index in [0.29, 0.717) is 13.2 Å². The van der Waals surface area contributed by atoms with Crippen LogP contribution in [-0.4, -0.2) is 43.5 Å². The molecule has 98 valence electrons. The Morgan fingerprint density at radius 3 is 2.76 bits per heavy atom. The normalized spacial score (nSPS) is 14.4. The predicted octanol–water partition coefficient (Wildman–Crippen LogP) is 0.118. The Morgan fingerprint density at radius 1 is 1.35 bits per heavy atom. The zero-order chi connectivity index (χ0) is 12.5. The van der Waals surface area contributed by atoms with Gasteiger partial charge in [-0.3, -0.25) is 4.84 Å². The van der Waals surface area contributed by atoms with Crippen LogP contribution in [0.25, 0.3) is 0 Å². The fourth-order valence-electron chi connectivity index (χ4n) is 1.11. The SMILES string of the molecule is O=C(O)CONC(=O)NCCCOCC1CC1. The molecule has 0 aromatic carbocycles. The number of hydrogen-bond donors (Lipinski definition) is 3. The highest BCUT2D eigenvalue weighted by Gasteiger charge is 2.20. The summed E-state index contributed by atoms with van der Waals surface area (Å²) in [5.74, 6) is -0.394. The lowest BCUT2D eigenvalue weighted by molar-refractivity contribution is -0.144. The van der Waals surface area contributed by atoms with E-state index in [1.807, 2.05) is 5.48 Å². The van der Waals surface area contributed by atoms with Crippen LogP contribution in [0.3, 0.4) is 0 Å². The van der Waals surface area contributed by atoms with Gasteiger partial charge in [-0.1, -0.05) is 0 Å². The highest BCUT2D eigenvalue weighted by molar-refractivity contribution is 5.73. The fraction of sp³-hybridized carbons (Fsp3) is 0.800. The minimum atomic E-state index is -1.14. The number of carbonyl (C=O) groups is 2. The summed E-state index contributed by atoms with van der Waals surface area (Å²) in [6.45, 7) is 1.34. The Bertz CT molecular complexity index is 255. The van der Waals surface area contributed by atoms with Gasteiger partial charge >= 0.3 is 12.0 Å². The molecule has 0 radical (unpaired) electrons. The lowest BCUT2D eigenvalue weighted by Gasteiger charge is -2.06. The van der Waals surface area contributed by atoms with Crippen molar-refractivity contribution in [3.8, 4) is 0 Å². The van der Waals surface area contributed by atoms with E-state index < -0.39 is 18.6 Å². The summed E-state index contributed by atoms with van der Waals surface area (Å²) in [5, 5.41) is 10.7. The molecule has 1 fully saturated rings. The van der Waals surface area contributed by atoms with Crippen molar-refractivity contribution >= 4 is 12.0 Å². The van der Waals surface area contributed by atoms with Crippen LogP contribution in [0.4, 0.5) is 4.79 Å². The van der Waals surface area contributed by atoms with Gasteiger partial charge in [-0.25, -0.2) is 15.1 Å². The van der Waals surface area contributed by atoms with Crippen molar-refractivity contribution in [1.29, 1.82) is 0 Å². The number of carboxylic acids is 1. The average molecular weight is 246 g/mol. The summed E-state index contributed by atoms with van der Waals surface area (Å²) in [4.78, 5) is 25.4. The second kappa shape index (κ2) is 7.86. The van der Waals surface area contributed by atoms with E-state index in [2.05, 4.69) is 10.2 Å². The third-order valence-corrected chi connectivity index (χ3v) is 2.16. The number of carboxylic acid groups (broad SMARTS) is 1. The number of ether oxygens (including phenoxy) is 1. The van der Waals surface area contributed by atoms with Crippen molar-refractivity contribution < 1.29 is 24.3 Å². The Kier molecular flexibility index (Phi) is 6.34. The number of carbonyl (C=O) groups excluding carboxylic acids is 1. The second-order valence-corrected chi connectivity index (χ2v) is 3.91. The van der Waals surface area contributed by atoms with Crippen LogP contribution in [0, 0.1) is 5.92 Å². The van der Waals surface area contributed by atoms with E-state index in [9.17, 15) is 9.59 Å². The van der Waals surface area contributed by atoms with Crippen molar-refractivity contribution in [3.05, 3.63) is 0 Å². The van der Waals surface area contributed by atoms with E-state index in [4.69, 9.17) is 9.84 Å². The summed E-state index contributed by atoms with van der Waals surface area (Å²) in [6.07, 6.45) is 3.25. The van der Waals surface area contributed by atoms with E-state index in [0.717, 1.165) is 18.9 Å². The van der Waals surface area contributed by atoms with Crippen molar-refractivity contribution in [2.75, 3.05) is 26.4 Å². The molecule has 7 heteroatoms. The maximum Gasteiger partial charge on any atom is 0.338 e. The number of aliphatic carboxylic acids is 1. The first-order valence-corrected chi connectivity index (χ1v) is 5.63. The Balaban J connectivity index is 1.80. The van der Waals surface area contributed by atoms with Crippen molar-refractivity contribution in [2.24, 2.45) is 5.92 Å². The van der Waals surface area contributed by atoms with Gasteiger partial charge < -0.3 is 15.2 Å². The fourth-order valence-corrected chi connectivity index (χ4v) is 1.11. The zero-order valence-corrected chi connectivity index (χ0v) is 9.61. The number of amides is 2. The largest absolute Gasteiger partial charge is 0.479 e. The first-order valence-electron chi connectivity index (χ1n) is 5.63. The molecule has 1 aliphatic rings. The number of hydroxylamine groups is 1. The van der Waals surface area contributed by atoms with Gasteiger partial charge in [-0.15, -0.1) is 0 Å². The van der Waals surface area contributed by atoms with E-state index in [1.54, 1.807) is 0 Å². The Hall–Kier alpha value is -1.34. The molecule has 2 amide bonds. The van der Waals surface area contributed by atoms with Gasteiger partial charge in [0.2, 0.25) is 0 Å². The van der Waals surface area contributed by atoms with Gasteiger partial charge in [0.05, 0.1) is 0 Å². The highest BCUT2D eigenvalue weighted by atomic mass is 16.7. The molecular formula is C10H18N2O5. The number of hydrogen-bond acceptors (Lipinski definition) is 4. The van der Waals surface area contributed by atoms with Crippen molar-refractivity contribution in [3.63, 3.8) is 0 Å². The predicted molar refractivity (Wildman–Crippen MR) is 58.3 cm³/mol. The topological polar surface area (TPSA) is 96.9 Å². The first kappa shape index (κ1) is 13.7. The van der Waals surface area contributed by atoms with E-state index in [-0.39, 0.29) is 0 Å². The molecule has 0 spiro atoms. The molecule has 0 unspecified atom stereocenters. The summed E-state index contributed by atoms with van der Waals surface area (Å²) >= 11 is 0. The van der Waals surface area contributed by atoms with Crippen LogP contribution in [0.5, 0.6) is 0 Å². The smallest absolute Gasteiger partial charge is 0.338 e. The average Bonchev–Trinajstić information content (AvgIpc) is 3.06. The maximum atomic E-state index is 11.0. The quantitative estimate of drug-likeness (QED) is 0.396. The highest BCUT2D eigenvalue weighted by Crippen LogP contribution is 2.28. The van der Waals surface area contributed by atoms with Gasteiger partial charge in [-0.05, 0) is 25.2 Å². The lowest BCUT2D eigenvalue weighted by Crippen LogP contribution is -2.37. The summed E-state index contributed by atoms with van der Waals surface area (Å²) in [5.41, 5.74) is 1.96. The molecule has 0 aromatic heterocycles. The molecule has 0 aromatic rings. The van der Waals surface area contributed by atoms with Crippen LogP contribution in [0.1, 0.15) is 19.3 Å². The van der Waals surface area contributed by atoms with Crippen LogP contribution < -0.4 is 10.8 Å². The second-order valence-electron chi connectivity index (χ2n) is 3.91. The Labute approximate surface area is 99.4 Å². The van der Waals surface area contributed by atoms with Gasteiger partial charge in [0.15, 0.2) is 6.61 Å². The molecule has 3 N–H and O–H groups in total. The number of rotatable bonds is 9. The molecule has 1 saturated carbocycles.